The van der Waals surface area contributed by atoms with Gasteiger partial charge in [0.2, 0.25) is 0 Å². The van der Waals surface area contributed by atoms with Gasteiger partial charge >= 0.3 is 6.09 Å². The van der Waals surface area contributed by atoms with Crippen molar-refractivity contribution in [3.05, 3.63) is 53.3 Å². The lowest BCUT2D eigenvalue weighted by atomic mass is 9.93. The molecule has 3 rings (SSSR count). The normalized spacial score (nSPS) is 16.7. The molecular weight excluding hydrogens is 290 g/mol. The molecule has 0 radical (unpaired) electrons. The van der Waals surface area contributed by atoms with Crippen molar-refractivity contribution in [3.63, 3.8) is 0 Å². The van der Waals surface area contributed by atoms with Gasteiger partial charge < -0.3 is 10.1 Å². The van der Waals surface area contributed by atoms with Crippen LogP contribution < -0.4 is 5.32 Å². The van der Waals surface area contributed by atoms with Gasteiger partial charge in [-0.1, -0.05) is 37.3 Å². The first-order valence-corrected chi connectivity index (χ1v) is 8.29. The van der Waals surface area contributed by atoms with Crippen LogP contribution in [-0.2, 0) is 24.3 Å². The van der Waals surface area contributed by atoms with E-state index in [1.165, 1.54) is 5.69 Å². The Kier molecular flexibility index (Phi) is 4.95. The van der Waals surface area contributed by atoms with Gasteiger partial charge in [0.15, 0.2) is 0 Å². The molecule has 1 amide bonds. The Morgan fingerprint density at radius 1 is 1.39 bits per heavy atom. The van der Waals surface area contributed by atoms with E-state index < -0.39 is 0 Å². The molecule has 0 fully saturated rings. The lowest BCUT2D eigenvalue weighted by molar-refractivity contribution is 0.134. The third-order valence-electron chi connectivity index (χ3n) is 4.20. The summed E-state index contributed by atoms with van der Waals surface area (Å²) in [6, 6.07) is 9.72. The standard InChI is InChI=1S/C18H23N3O2/c1-2-11-21-17-10-6-9-16(15(17)12-19-21)20-18(22)23-13-14-7-4-3-5-8-14/h3-5,7-8,12,16H,2,6,9-11,13H2,1H3,(H,20,22)/t16-/m1/s1. The molecule has 5 nitrogen and oxygen atoms in total. The fraction of sp³-hybridized carbons (Fsp3) is 0.444. The van der Waals surface area contributed by atoms with Crippen molar-refractivity contribution in [2.75, 3.05) is 0 Å². The Bertz CT molecular complexity index is 652. The largest absolute Gasteiger partial charge is 0.445 e. The van der Waals surface area contributed by atoms with E-state index >= 15 is 0 Å². The molecule has 0 bridgehead atoms. The summed E-state index contributed by atoms with van der Waals surface area (Å²) in [6.45, 7) is 3.37. The number of amides is 1. The van der Waals surface area contributed by atoms with Gasteiger partial charge in [-0.25, -0.2) is 4.79 Å². The molecule has 1 heterocycles. The Morgan fingerprint density at radius 3 is 3.00 bits per heavy atom. The molecule has 2 aromatic rings. The molecule has 0 unspecified atom stereocenters. The van der Waals surface area contributed by atoms with Crippen molar-refractivity contribution >= 4 is 6.09 Å². The van der Waals surface area contributed by atoms with Crippen molar-refractivity contribution in [1.82, 2.24) is 15.1 Å². The second-order valence-corrected chi connectivity index (χ2v) is 5.92. The zero-order valence-corrected chi connectivity index (χ0v) is 13.5. The molecule has 1 aromatic carbocycles. The van der Waals surface area contributed by atoms with Crippen LogP contribution in [0.4, 0.5) is 4.79 Å². The molecule has 0 spiro atoms. The molecule has 23 heavy (non-hydrogen) atoms. The maximum atomic E-state index is 12.1. The first kappa shape index (κ1) is 15.6. The molecule has 1 atom stereocenters. The number of rotatable bonds is 5. The minimum absolute atomic E-state index is 0.00706. The van der Waals surface area contributed by atoms with Crippen molar-refractivity contribution < 1.29 is 9.53 Å². The van der Waals surface area contributed by atoms with Crippen LogP contribution in [0.5, 0.6) is 0 Å². The average molecular weight is 313 g/mol. The summed E-state index contributed by atoms with van der Waals surface area (Å²) in [5, 5.41) is 7.45. The zero-order chi connectivity index (χ0) is 16.1. The first-order valence-electron chi connectivity index (χ1n) is 8.29. The smallest absolute Gasteiger partial charge is 0.407 e. The molecule has 1 aromatic heterocycles. The lowest BCUT2D eigenvalue weighted by Gasteiger charge is -2.24. The summed E-state index contributed by atoms with van der Waals surface area (Å²) >= 11 is 0. The number of benzene rings is 1. The van der Waals surface area contributed by atoms with Crippen molar-refractivity contribution in [2.45, 2.75) is 51.8 Å². The summed E-state index contributed by atoms with van der Waals surface area (Å²) in [4.78, 5) is 12.1. The fourth-order valence-electron chi connectivity index (χ4n) is 3.08. The molecule has 1 aliphatic carbocycles. The molecule has 5 heteroatoms. The summed E-state index contributed by atoms with van der Waals surface area (Å²) in [6.07, 6.45) is 5.62. The Labute approximate surface area is 136 Å². The Balaban J connectivity index is 1.59. The van der Waals surface area contributed by atoms with Crippen molar-refractivity contribution in [1.29, 1.82) is 0 Å². The van der Waals surface area contributed by atoms with Gasteiger partial charge in [0.25, 0.3) is 0 Å². The van der Waals surface area contributed by atoms with Crippen LogP contribution in [0.1, 0.15) is 49.0 Å². The third-order valence-corrected chi connectivity index (χ3v) is 4.20. The van der Waals surface area contributed by atoms with E-state index in [-0.39, 0.29) is 12.1 Å². The maximum absolute atomic E-state index is 12.1. The van der Waals surface area contributed by atoms with Crippen LogP contribution in [0, 0.1) is 0 Å². The number of nitrogens with one attached hydrogen (secondary N) is 1. The summed E-state index contributed by atoms with van der Waals surface area (Å²) in [5.74, 6) is 0. The van der Waals surface area contributed by atoms with Gasteiger partial charge in [0, 0.05) is 17.8 Å². The van der Waals surface area contributed by atoms with E-state index in [4.69, 9.17) is 4.74 Å². The van der Waals surface area contributed by atoms with Crippen LogP contribution in [0.15, 0.2) is 36.5 Å². The molecule has 1 N–H and O–H groups in total. The third kappa shape index (κ3) is 3.73. The maximum Gasteiger partial charge on any atom is 0.407 e. The number of nitrogens with zero attached hydrogens (tertiary/aromatic N) is 2. The molecular formula is C18H23N3O2. The molecule has 0 saturated carbocycles. The molecule has 0 saturated heterocycles. The van der Waals surface area contributed by atoms with Crippen LogP contribution in [0.3, 0.4) is 0 Å². The monoisotopic (exact) mass is 313 g/mol. The quantitative estimate of drug-likeness (QED) is 0.917. The number of fused-ring (bicyclic) bond motifs is 1. The van der Waals surface area contributed by atoms with Crippen molar-refractivity contribution in [2.24, 2.45) is 0 Å². The summed E-state index contributed by atoms with van der Waals surface area (Å²) < 4.78 is 7.39. The van der Waals surface area contributed by atoms with Gasteiger partial charge in [-0.3, -0.25) is 4.68 Å². The lowest BCUT2D eigenvalue weighted by Crippen LogP contribution is -2.31. The van der Waals surface area contributed by atoms with Gasteiger partial charge in [0.1, 0.15) is 6.61 Å². The predicted molar refractivity (Wildman–Crippen MR) is 88.0 cm³/mol. The number of ether oxygens (including phenoxy) is 1. The average Bonchev–Trinajstić information content (AvgIpc) is 2.99. The topological polar surface area (TPSA) is 56.2 Å². The molecule has 0 aliphatic heterocycles. The minimum Gasteiger partial charge on any atom is -0.445 e. The van der Waals surface area contributed by atoms with E-state index in [1.54, 1.807) is 0 Å². The number of carbonyl (C=O) groups is 1. The second kappa shape index (κ2) is 7.31. The van der Waals surface area contributed by atoms with E-state index in [0.717, 1.165) is 43.4 Å². The number of hydrogen-bond acceptors (Lipinski definition) is 3. The van der Waals surface area contributed by atoms with E-state index in [0.29, 0.717) is 6.61 Å². The van der Waals surface area contributed by atoms with Gasteiger partial charge in [-0.15, -0.1) is 0 Å². The zero-order valence-electron chi connectivity index (χ0n) is 13.5. The SMILES string of the molecule is CCCn1ncc2c1CCC[C@H]2NC(=O)OCc1ccccc1. The highest BCUT2D eigenvalue weighted by Gasteiger charge is 2.25. The number of aromatic nitrogens is 2. The van der Waals surface area contributed by atoms with Gasteiger partial charge in [-0.2, -0.15) is 5.10 Å². The minimum atomic E-state index is -0.366. The predicted octanol–water partition coefficient (Wildman–Crippen LogP) is 3.60. The number of carbonyl (C=O) groups excluding carboxylic acids is 1. The number of aryl methyl sites for hydroxylation is 1. The van der Waals surface area contributed by atoms with Crippen LogP contribution in [-0.4, -0.2) is 15.9 Å². The number of hydrogen-bond donors (Lipinski definition) is 1. The Morgan fingerprint density at radius 2 is 2.22 bits per heavy atom. The van der Waals surface area contributed by atoms with E-state index in [2.05, 4.69) is 22.0 Å². The highest BCUT2D eigenvalue weighted by atomic mass is 16.5. The van der Waals surface area contributed by atoms with E-state index in [9.17, 15) is 4.79 Å². The summed E-state index contributed by atoms with van der Waals surface area (Å²) in [7, 11) is 0. The first-order chi connectivity index (χ1) is 11.3. The van der Waals surface area contributed by atoms with E-state index in [1.807, 2.05) is 36.5 Å². The van der Waals surface area contributed by atoms with Crippen molar-refractivity contribution in [3.8, 4) is 0 Å². The second-order valence-electron chi connectivity index (χ2n) is 5.92. The Hall–Kier alpha value is -2.30. The molecule has 1 aliphatic rings. The van der Waals surface area contributed by atoms with Gasteiger partial charge in [-0.05, 0) is 31.2 Å². The number of alkyl carbamates (subject to hydrolysis) is 1. The summed E-state index contributed by atoms with van der Waals surface area (Å²) in [5.41, 5.74) is 3.38. The van der Waals surface area contributed by atoms with Crippen LogP contribution in [0.2, 0.25) is 0 Å². The molecule has 122 valence electrons. The van der Waals surface area contributed by atoms with Gasteiger partial charge in [0.05, 0.1) is 12.2 Å². The fourth-order valence-corrected chi connectivity index (χ4v) is 3.08. The highest BCUT2D eigenvalue weighted by molar-refractivity contribution is 5.68. The highest BCUT2D eigenvalue weighted by Crippen LogP contribution is 2.29. The van der Waals surface area contributed by atoms with Crippen LogP contribution in [0.25, 0.3) is 0 Å². The van der Waals surface area contributed by atoms with Crippen LogP contribution >= 0.6 is 0 Å².